The molecule has 0 bridgehead atoms. The molecule has 0 saturated carbocycles. The van der Waals surface area contributed by atoms with Gasteiger partial charge in [-0.2, -0.15) is 0 Å². The Morgan fingerprint density at radius 3 is 2.45 bits per heavy atom. The molecule has 1 rings (SSSR count). The third-order valence-electron chi connectivity index (χ3n) is 3.21. The molecule has 0 fully saturated rings. The molecule has 128 valence electrons. The Kier molecular flexibility index (Phi) is 14.0. The van der Waals surface area contributed by atoms with Gasteiger partial charge in [0.05, 0.1) is 6.04 Å². The predicted molar refractivity (Wildman–Crippen MR) is 98.5 cm³/mol. The first-order chi connectivity index (χ1) is 9.56. The van der Waals surface area contributed by atoms with Crippen molar-refractivity contribution >= 4 is 42.3 Å². The first kappa shape index (κ1) is 23.7. The topological polar surface area (TPSA) is 44.4 Å². The highest BCUT2D eigenvalue weighted by atomic mass is 35.5. The fourth-order valence-electron chi connectivity index (χ4n) is 2.04. The van der Waals surface area contributed by atoms with E-state index in [1.54, 1.807) is 0 Å². The molecule has 0 radical (unpaired) electrons. The molecule has 1 unspecified atom stereocenters. The number of hydrogen-bond acceptors (Lipinski definition) is 3. The van der Waals surface area contributed by atoms with Crippen LogP contribution in [0.4, 0.5) is 0 Å². The quantitative estimate of drug-likeness (QED) is 0.692. The van der Waals surface area contributed by atoms with E-state index in [0.29, 0.717) is 13.0 Å². The lowest BCUT2D eigenvalue weighted by Crippen LogP contribution is -2.34. The van der Waals surface area contributed by atoms with Gasteiger partial charge in [-0.25, -0.2) is 0 Å². The maximum atomic E-state index is 11.8. The number of likely N-dealkylation sites (N-methyl/N-ethyl adjacent to an activating group) is 1. The normalized spacial score (nSPS) is 11.3. The molecular weight excluding hydrogens is 345 g/mol. The number of rotatable bonds is 8. The van der Waals surface area contributed by atoms with E-state index in [1.807, 2.05) is 45.4 Å². The van der Waals surface area contributed by atoms with Crippen molar-refractivity contribution in [2.24, 2.45) is 0 Å². The molecule has 0 aromatic heterocycles. The lowest BCUT2D eigenvalue weighted by Gasteiger charge is -2.26. The molecule has 2 N–H and O–H groups in total. The van der Waals surface area contributed by atoms with E-state index in [9.17, 15) is 4.79 Å². The van der Waals surface area contributed by atoms with Crippen LogP contribution in [-0.2, 0) is 4.79 Å². The van der Waals surface area contributed by atoms with Gasteiger partial charge in [0.1, 0.15) is 0 Å². The summed E-state index contributed by atoms with van der Waals surface area (Å²) in [5.74, 6) is 0.0825. The molecule has 22 heavy (non-hydrogen) atoms. The van der Waals surface area contributed by atoms with E-state index in [4.69, 9.17) is 11.6 Å². The summed E-state index contributed by atoms with van der Waals surface area (Å²) in [6.07, 6.45) is 1.39. The second-order valence-electron chi connectivity index (χ2n) is 5.01. The van der Waals surface area contributed by atoms with Crippen molar-refractivity contribution in [1.29, 1.82) is 0 Å². The van der Waals surface area contributed by atoms with Crippen LogP contribution < -0.4 is 10.6 Å². The molecule has 1 amide bonds. The fraction of sp³-hybridized carbons (Fsp3) is 0.533. The van der Waals surface area contributed by atoms with Crippen molar-refractivity contribution in [2.75, 3.05) is 34.2 Å². The lowest BCUT2D eigenvalue weighted by molar-refractivity contribution is -0.121. The zero-order chi connectivity index (χ0) is 15.0. The van der Waals surface area contributed by atoms with Crippen molar-refractivity contribution in [1.82, 2.24) is 15.5 Å². The summed E-state index contributed by atoms with van der Waals surface area (Å²) < 4.78 is 0. The Morgan fingerprint density at radius 1 is 1.27 bits per heavy atom. The van der Waals surface area contributed by atoms with Crippen molar-refractivity contribution in [3.8, 4) is 0 Å². The van der Waals surface area contributed by atoms with Gasteiger partial charge in [-0.05, 0) is 45.7 Å². The molecule has 0 saturated heterocycles. The number of nitrogens with one attached hydrogen (secondary N) is 2. The van der Waals surface area contributed by atoms with Gasteiger partial charge in [-0.1, -0.05) is 29.8 Å². The molecule has 1 aromatic rings. The molecule has 0 aliphatic heterocycles. The van der Waals surface area contributed by atoms with Gasteiger partial charge < -0.3 is 15.5 Å². The zero-order valence-electron chi connectivity index (χ0n) is 13.3. The van der Waals surface area contributed by atoms with Crippen LogP contribution in [0.5, 0.6) is 0 Å². The monoisotopic (exact) mass is 369 g/mol. The molecule has 4 nitrogen and oxygen atoms in total. The molecule has 0 spiro atoms. The van der Waals surface area contributed by atoms with E-state index >= 15 is 0 Å². The summed E-state index contributed by atoms with van der Waals surface area (Å²) in [6.45, 7) is 1.42. The minimum absolute atomic E-state index is 0. The van der Waals surface area contributed by atoms with Gasteiger partial charge in [0.25, 0.3) is 0 Å². The van der Waals surface area contributed by atoms with Gasteiger partial charge in [-0.15, -0.1) is 24.8 Å². The summed E-state index contributed by atoms with van der Waals surface area (Å²) in [7, 11) is 5.86. The van der Waals surface area contributed by atoms with Crippen LogP contribution in [0.25, 0.3) is 0 Å². The molecular formula is C15H26Cl3N3O. The summed E-state index contributed by atoms with van der Waals surface area (Å²) in [5, 5.41) is 6.75. The van der Waals surface area contributed by atoms with Crippen molar-refractivity contribution < 1.29 is 4.79 Å². The number of halogens is 3. The molecule has 0 aliphatic rings. The van der Waals surface area contributed by atoms with Crippen molar-refractivity contribution in [3.05, 3.63) is 34.9 Å². The third-order valence-corrected chi connectivity index (χ3v) is 3.55. The number of carbonyl (C=O) groups is 1. The predicted octanol–water partition coefficient (Wildman–Crippen LogP) is 2.90. The number of carbonyl (C=O) groups excluding carboxylic acids is 1. The smallest absolute Gasteiger partial charge is 0.220 e. The number of nitrogens with zero attached hydrogens (tertiary/aromatic N) is 1. The number of amides is 1. The first-order valence-electron chi connectivity index (χ1n) is 6.88. The van der Waals surface area contributed by atoms with Crippen LogP contribution in [0.2, 0.25) is 5.02 Å². The highest BCUT2D eigenvalue weighted by Crippen LogP contribution is 2.25. The fourth-order valence-corrected chi connectivity index (χ4v) is 2.30. The van der Waals surface area contributed by atoms with Crippen molar-refractivity contribution in [2.45, 2.75) is 18.9 Å². The van der Waals surface area contributed by atoms with Gasteiger partial charge in [0.15, 0.2) is 0 Å². The lowest BCUT2D eigenvalue weighted by atomic mass is 10.1. The SMILES string of the molecule is CNCCCC(=O)NCC(c1ccccc1Cl)N(C)C.Cl.Cl. The second-order valence-corrected chi connectivity index (χ2v) is 5.42. The van der Waals surface area contributed by atoms with Crippen LogP contribution in [0.1, 0.15) is 24.4 Å². The van der Waals surface area contributed by atoms with E-state index < -0.39 is 0 Å². The van der Waals surface area contributed by atoms with Crippen LogP contribution in [0.3, 0.4) is 0 Å². The van der Waals surface area contributed by atoms with Crippen molar-refractivity contribution in [3.63, 3.8) is 0 Å². The highest BCUT2D eigenvalue weighted by Gasteiger charge is 2.17. The number of benzene rings is 1. The Bertz CT molecular complexity index is 430. The Hall–Kier alpha value is -0.520. The van der Waals surface area contributed by atoms with E-state index in [0.717, 1.165) is 23.6 Å². The minimum Gasteiger partial charge on any atom is -0.354 e. The molecule has 0 heterocycles. The summed E-state index contributed by atoms with van der Waals surface area (Å²) in [5.41, 5.74) is 1.04. The Balaban J connectivity index is 0. The van der Waals surface area contributed by atoms with E-state index in [1.165, 1.54) is 0 Å². The molecule has 0 aliphatic carbocycles. The van der Waals surface area contributed by atoms with Gasteiger partial charge >= 0.3 is 0 Å². The van der Waals surface area contributed by atoms with E-state index in [2.05, 4.69) is 15.5 Å². The summed E-state index contributed by atoms with van der Waals surface area (Å²) in [4.78, 5) is 13.8. The minimum atomic E-state index is 0. The summed E-state index contributed by atoms with van der Waals surface area (Å²) >= 11 is 6.23. The largest absolute Gasteiger partial charge is 0.354 e. The molecule has 1 aromatic carbocycles. The zero-order valence-corrected chi connectivity index (χ0v) is 15.7. The Labute approximate surface area is 150 Å². The first-order valence-corrected chi connectivity index (χ1v) is 7.26. The molecule has 1 atom stereocenters. The second kappa shape index (κ2) is 13.0. The molecule has 7 heteroatoms. The van der Waals surface area contributed by atoms with Gasteiger partial charge in [0.2, 0.25) is 5.91 Å². The average molecular weight is 371 g/mol. The van der Waals surface area contributed by atoms with Crippen LogP contribution >= 0.6 is 36.4 Å². The maximum Gasteiger partial charge on any atom is 0.220 e. The van der Waals surface area contributed by atoms with Crippen LogP contribution in [0, 0.1) is 0 Å². The average Bonchev–Trinajstić information content (AvgIpc) is 2.41. The number of hydrogen-bond donors (Lipinski definition) is 2. The van der Waals surface area contributed by atoms with Crippen LogP contribution in [0.15, 0.2) is 24.3 Å². The van der Waals surface area contributed by atoms with Crippen LogP contribution in [-0.4, -0.2) is 45.0 Å². The standard InChI is InChI=1S/C15H24ClN3O.2ClH/c1-17-10-6-9-15(20)18-11-14(19(2)3)12-7-4-5-8-13(12)16;;/h4-5,7-8,14,17H,6,9-11H2,1-3H3,(H,18,20);2*1H. The third kappa shape index (κ3) is 8.20. The highest BCUT2D eigenvalue weighted by molar-refractivity contribution is 6.31. The maximum absolute atomic E-state index is 11.8. The van der Waals surface area contributed by atoms with E-state index in [-0.39, 0.29) is 36.8 Å². The van der Waals surface area contributed by atoms with Gasteiger partial charge in [-0.3, -0.25) is 4.79 Å². The Morgan fingerprint density at radius 2 is 1.91 bits per heavy atom. The van der Waals surface area contributed by atoms with Gasteiger partial charge in [0, 0.05) is 18.0 Å². The summed E-state index contributed by atoms with van der Waals surface area (Å²) in [6, 6.07) is 7.83.